The van der Waals surface area contributed by atoms with Crippen molar-refractivity contribution < 1.29 is 142 Å². The minimum atomic E-state index is -5.67. The van der Waals surface area contributed by atoms with E-state index in [4.69, 9.17) is 0 Å². The fourth-order valence-corrected chi connectivity index (χ4v) is 0. The summed E-state index contributed by atoms with van der Waals surface area (Å²) in [7, 11) is -11.3. The van der Waals surface area contributed by atoms with Crippen molar-refractivity contribution in [1.29, 1.82) is 0 Å². The van der Waals surface area contributed by atoms with Gasteiger partial charge in [-0.2, -0.15) is 0 Å². The summed E-state index contributed by atoms with van der Waals surface area (Å²) in [4.78, 5) is 0. The molecule has 10 heavy (non-hydrogen) atoms. The third-order valence-electron chi connectivity index (χ3n) is 0.250. The van der Waals surface area contributed by atoms with Crippen LogP contribution in [0, 0.1) is 0 Å². The molecule has 0 atom stereocenters. The van der Waals surface area contributed by atoms with Crippen LogP contribution in [0.2, 0.25) is 0 Å². The molecular formula is O6Rb2S2. The Labute approximate surface area is 156 Å². The topological polar surface area (TPSA) is 114 Å². The summed E-state index contributed by atoms with van der Waals surface area (Å²) < 4.78 is 55.2. The van der Waals surface area contributed by atoms with Gasteiger partial charge in [0.05, 0.1) is 0 Å². The summed E-state index contributed by atoms with van der Waals surface area (Å²) in [6.07, 6.45) is 0. The van der Waals surface area contributed by atoms with Crippen LogP contribution in [0.25, 0.3) is 0 Å². The maximum absolute atomic E-state index is 9.20. The molecule has 0 fully saturated rings. The molecule has 0 amide bonds. The number of hydrogen-bond donors (Lipinski definition) is 0. The molecule has 0 spiro atoms. The molecular weight excluding hydrogens is 331 g/mol. The molecule has 0 saturated carbocycles. The zero-order valence-corrected chi connectivity index (χ0v) is 16.7. The standard InChI is InChI=1S/H2O6S2.2Rb/c1-7(2,3)8(4,5)6;;/h(H,1,2,3)(H,4,5,6);;/q;2*+1/p-2. The molecule has 0 aliphatic heterocycles. The first-order valence-electron chi connectivity index (χ1n) is 1.17. The first kappa shape index (κ1) is 19.1. The van der Waals surface area contributed by atoms with Crippen molar-refractivity contribution in [2.24, 2.45) is 0 Å². The van der Waals surface area contributed by atoms with Crippen LogP contribution in [0.5, 0.6) is 0 Å². The van der Waals surface area contributed by atoms with Gasteiger partial charge in [0.15, 0.2) is 18.3 Å². The van der Waals surface area contributed by atoms with Crippen molar-refractivity contribution in [1.82, 2.24) is 0 Å². The van der Waals surface area contributed by atoms with Gasteiger partial charge in [-0.3, -0.25) is 0 Å². The summed E-state index contributed by atoms with van der Waals surface area (Å²) in [5.74, 6) is 0. The van der Waals surface area contributed by atoms with Crippen molar-refractivity contribution in [2.75, 3.05) is 0 Å². The van der Waals surface area contributed by atoms with Crippen LogP contribution in [0.3, 0.4) is 0 Å². The first-order chi connectivity index (χ1) is 3.25. The van der Waals surface area contributed by atoms with Crippen LogP contribution >= 0.6 is 0 Å². The van der Waals surface area contributed by atoms with E-state index in [2.05, 4.69) is 0 Å². The van der Waals surface area contributed by atoms with Crippen molar-refractivity contribution in [3.63, 3.8) is 0 Å². The minimum Gasteiger partial charge on any atom is -0.736 e. The zero-order chi connectivity index (χ0) is 7.00. The van der Waals surface area contributed by atoms with E-state index in [-0.39, 0.29) is 116 Å². The molecule has 0 radical (unpaired) electrons. The van der Waals surface area contributed by atoms with Gasteiger partial charge in [0, 0.05) is 0 Å². The average molecular weight is 331 g/mol. The van der Waals surface area contributed by atoms with Crippen molar-refractivity contribution in [3.8, 4) is 0 Å². The quantitative estimate of drug-likeness (QED) is 0.348. The molecule has 0 aliphatic rings. The Morgan fingerprint density at radius 2 is 0.800 bits per heavy atom. The van der Waals surface area contributed by atoms with Gasteiger partial charge in [0.2, 0.25) is 0 Å². The predicted molar refractivity (Wildman–Crippen MR) is 19.4 cm³/mol. The Kier molecular flexibility index (Phi) is 13.0. The van der Waals surface area contributed by atoms with Crippen molar-refractivity contribution in [2.45, 2.75) is 0 Å². The Bertz CT molecular complexity index is 226. The van der Waals surface area contributed by atoms with Crippen LogP contribution in [0.1, 0.15) is 0 Å². The minimum absolute atomic E-state index is 0. The summed E-state index contributed by atoms with van der Waals surface area (Å²) in [6, 6.07) is 0. The molecule has 0 aromatic heterocycles. The van der Waals surface area contributed by atoms with Crippen LogP contribution in [-0.2, 0) is 18.3 Å². The molecule has 0 bridgehead atoms. The van der Waals surface area contributed by atoms with Crippen molar-refractivity contribution >= 4 is 18.3 Å². The smallest absolute Gasteiger partial charge is 0.736 e. The second-order valence-corrected chi connectivity index (χ2v) is 4.90. The summed E-state index contributed by atoms with van der Waals surface area (Å²) in [6.45, 7) is 0. The predicted octanol–water partition coefficient (Wildman–Crippen LogP) is -8.00. The molecule has 0 N–H and O–H groups in total. The van der Waals surface area contributed by atoms with Gasteiger partial charge in [-0.25, -0.2) is 16.8 Å². The average Bonchev–Trinajstić information content (AvgIpc) is 1.25. The van der Waals surface area contributed by atoms with Gasteiger partial charge < -0.3 is 9.11 Å². The van der Waals surface area contributed by atoms with E-state index in [9.17, 15) is 25.9 Å². The van der Waals surface area contributed by atoms with Gasteiger partial charge >= 0.3 is 116 Å². The largest absolute Gasteiger partial charge is 1.00 e. The SMILES string of the molecule is O=S(=O)([O-])S(=O)(=O)[O-].[Rb+].[Rb+]. The van der Waals surface area contributed by atoms with Gasteiger partial charge in [0.25, 0.3) is 0 Å². The van der Waals surface area contributed by atoms with Crippen molar-refractivity contribution in [3.05, 3.63) is 0 Å². The molecule has 0 unspecified atom stereocenters. The van der Waals surface area contributed by atoms with Crippen LogP contribution in [0.4, 0.5) is 0 Å². The van der Waals surface area contributed by atoms with E-state index >= 15 is 0 Å². The van der Waals surface area contributed by atoms with Crippen LogP contribution in [0.15, 0.2) is 0 Å². The molecule has 10 heteroatoms. The summed E-state index contributed by atoms with van der Waals surface area (Å²) in [5.41, 5.74) is 0. The van der Waals surface area contributed by atoms with E-state index in [0.29, 0.717) is 0 Å². The van der Waals surface area contributed by atoms with Gasteiger partial charge in [-0.15, -0.1) is 0 Å². The van der Waals surface area contributed by atoms with E-state index in [1.165, 1.54) is 0 Å². The van der Waals surface area contributed by atoms with Gasteiger partial charge in [-0.1, -0.05) is 0 Å². The Hall–Kier alpha value is 3.43. The molecule has 0 aromatic rings. The fraction of sp³-hybridized carbons (Fsp3) is 0. The van der Waals surface area contributed by atoms with Crippen LogP contribution in [-0.4, -0.2) is 25.9 Å². The third kappa shape index (κ3) is 8.05. The molecule has 6 nitrogen and oxygen atoms in total. The maximum Gasteiger partial charge on any atom is 1.00 e. The summed E-state index contributed by atoms with van der Waals surface area (Å²) >= 11 is 0. The Balaban J connectivity index is -0.000000245. The second-order valence-electron chi connectivity index (χ2n) is 0.816. The third-order valence-corrected chi connectivity index (χ3v) is 2.25. The second kappa shape index (κ2) is 6.82. The van der Waals surface area contributed by atoms with Gasteiger partial charge in [0.1, 0.15) is 0 Å². The molecule has 0 saturated heterocycles. The zero-order valence-electron chi connectivity index (χ0n) is 5.27. The Morgan fingerprint density at radius 3 is 0.800 bits per heavy atom. The molecule has 0 aliphatic carbocycles. The number of rotatable bonds is 1. The first-order valence-corrected chi connectivity index (χ1v) is 4.50. The van der Waals surface area contributed by atoms with E-state index in [1.54, 1.807) is 0 Å². The fourth-order valence-electron chi connectivity index (χ4n) is 0. The van der Waals surface area contributed by atoms with E-state index in [0.717, 1.165) is 0 Å². The van der Waals surface area contributed by atoms with E-state index < -0.39 is 18.3 Å². The number of hydrogen-bond acceptors (Lipinski definition) is 6. The normalized spacial score (nSPS) is 11.0. The maximum atomic E-state index is 9.20. The summed E-state index contributed by atoms with van der Waals surface area (Å²) in [5, 5.41) is 0. The van der Waals surface area contributed by atoms with Gasteiger partial charge in [-0.05, 0) is 0 Å². The molecule has 0 aromatic carbocycles. The molecule has 0 rings (SSSR count). The van der Waals surface area contributed by atoms with Crippen LogP contribution < -0.4 is 116 Å². The molecule has 50 valence electrons. The molecule has 0 heterocycles. The van der Waals surface area contributed by atoms with E-state index in [1.807, 2.05) is 0 Å². The monoisotopic (exact) mass is 330 g/mol. The Morgan fingerprint density at radius 1 is 0.700 bits per heavy atom.